The van der Waals surface area contributed by atoms with Gasteiger partial charge in [0.1, 0.15) is 6.29 Å². The lowest BCUT2D eigenvalue weighted by atomic mass is 10.1. The van der Waals surface area contributed by atoms with E-state index in [4.69, 9.17) is 0 Å². The number of rotatable bonds is 1. The van der Waals surface area contributed by atoms with Crippen molar-refractivity contribution < 1.29 is 4.79 Å². The van der Waals surface area contributed by atoms with Crippen molar-refractivity contribution in [2.24, 2.45) is 0 Å². The van der Waals surface area contributed by atoms with E-state index in [-0.39, 0.29) is 6.04 Å². The van der Waals surface area contributed by atoms with Crippen LogP contribution in [0.4, 0.5) is 0 Å². The maximum absolute atomic E-state index is 9.96. The van der Waals surface area contributed by atoms with Crippen molar-refractivity contribution in [1.82, 2.24) is 4.90 Å². The fourth-order valence-electron chi connectivity index (χ4n) is 0.708. The molecule has 1 atom stereocenters. The van der Waals surface area contributed by atoms with E-state index in [0.29, 0.717) is 0 Å². The first-order valence-electron chi connectivity index (χ1n) is 2.50. The highest BCUT2D eigenvalue weighted by molar-refractivity contribution is 5.58. The molecule has 0 saturated carbocycles. The molecule has 0 aliphatic carbocycles. The van der Waals surface area contributed by atoms with Crippen molar-refractivity contribution in [2.75, 3.05) is 13.6 Å². The SMILES string of the molecule is CN1CC[C@H]1C=O. The van der Waals surface area contributed by atoms with Gasteiger partial charge in [0.25, 0.3) is 0 Å². The Labute approximate surface area is 43.1 Å². The topological polar surface area (TPSA) is 20.3 Å². The average molecular weight is 99.1 g/mol. The molecule has 1 saturated heterocycles. The Morgan fingerprint density at radius 1 is 1.86 bits per heavy atom. The number of carbonyl (C=O) groups excluding carboxylic acids is 1. The van der Waals surface area contributed by atoms with Crippen LogP contribution in [0.25, 0.3) is 0 Å². The number of aldehydes is 1. The van der Waals surface area contributed by atoms with Gasteiger partial charge in [0.2, 0.25) is 0 Å². The molecule has 0 bridgehead atoms. The molecule has 1 aliphatic heterocycles. The monoisotopic (exact) mass is 99.1 g/mol. The maximum atomic E-state index is 9.96. The fourth-order valence-corrected chi connectivity index (χ4v) is 0.708. The summed E-state index contributed by atoms with van der Waals surface area (Å²) in [7, 11) is 1.96. The van der Waals surface area contributed by atoms with Gasteiger partial charge in [-0.25, -0.2) is 0 Å². The Balaban J connectivity index is 2.28. The lowest BCUT2D eigenvalue weighted by Gasteiger charge is -2.33. The van der Waals surface area contributed by atoms with Crippen molar-refractivity contribution >= 4 is 6.29 Å². The summed E-state index contributed by atoms with van der Waals surface area (Å²) in [5.74, 6) is 0. The second-order valence-corrected chi connectivity index (χ2v) is 1.97. The zero-order chi connectivity index (χ0) is 5.28. The molecule has 0 aromatic rings. The number of likely N-dealkylation sites (N-methyl/N-ethyl adjacent to an activating group) is 1. The Bertz CT molecular complexity index is 82.1. The molecule has 1 fully saturated rings. The first-order valence-corrected chi connectivity index (χ1v) is 2.50. The van der Waals surface area contributed by atoms with Gasteiger partial charge in [0.05, 0.1) is 6.04 Å². The lowest BCUT2D eigenvalue weighted by Crippen LogP contribution is -2.45. The van der Waals surface area contributed by atoms with Gasteiger partial charge in [-0.05, 0) is 13.5 Å². The minimum atomic E-state index is 0.236. The van der Waals surface area contributed by atoms with Crippen molar-refractivity contribution in [3.05, 3.63) is 0 Å². The van der Waals surface area contributed by atoms with Gasteiger partial charge < -0.3 is 4.79 Å². The molecule has 1 rings (SSSR count). The Kier molecular flexibility index (Phi) is 1.11. The molecule has 2 heteroatoms. The van der Waals surface area contributed by atoms with Crippen LogP contribution in [0.1, 0.15) is 6.42 Å². The van der Waals surface area contributed by atoms with E-state index < -0.39 is 0 Å². The number of likely N-dealkylation sites (tertiary alicyclic amines) is 1. The summed E-state index contributed by atoms with van der Waals surface area (Å²) in [5.41, 5.74) is 0. The van der Waals surface area contributed by atoms with E-state index in [1.165, 1.54) is 0 Å². The largest absolute Gasteiger partial charge is 0.302 e. The van der Waals surface area contributed by atoms with E-state index in [9.17, 15) is 4.79 Å². The van der Waals surface area contributed by atoms with Crippen molar-refractivity contribution in [3.8, 4) is 0 Å². The summed E-state index contributed by atoms with van der Waals surface area (Å²) in [6.07, 6.45) is 2.06. The van der Waals surface area contributed by atoms with Gasteiger partial charge in [-0.15, -0.1) is 0 Å². The third-order valence-corrected chi connectivity index (χ3v) is 1.50. The van der Waals surface area contributed by atoms with E-state index in [1.54, 1.807) is 0 Å². The average Bonchev–Trinajstić information content (AvgIpc) is 1.65. The summed E-state index contributed by atoms with van der Waals surface area (Å²) in [4.78, 5) is 12.0. The highest BCUT2D eigenvalue weighted by atomic mass is 16.1. The summed E-state index contributed by atoms with van der Waals surface area (Å²) >= 11 is 0. The van der Waals surface area contributed by atoms with Crippen molar-refractivity contribution in [2.45, 2.75) is 12.5 Å². The first kappa shape index (κ1) is 4.78. The Hall–Kier alpha value is -0.370. The van der Waals surface area contributed by atoms with Crippen LogP contribution >= 0.6 is 0 Å². The summed E-state index contributed by atoms with van der Waals surface area (Å²) < 4.78 is 0. The molecule has 0 spiro atoms. The number of hydrogen-bond donors (Lipinski definition) is 0. The van der Waals surface area contributed by atoms with Gasteiger partial charge >= 0.3 is 0 Å². The minimum absolute atomic E-state index is 0.236. The van der Waals surface area contributed by atoms with E-state index in [1.807, 2.05) is 11.9 Å². The van der Waals surface area contributed by atoms with Crippen LogP contribution in [0, 0.1) is 0 Å². The lowest BCUT2D eigenvalue weighted by molar-refractivity contribution is -0.115. The van der Waals surface area contributed by atoms with Gasteiger partial charge in [0.15, 0.2) is 0 Å². The quantitative estimate of drug-likeness (QED) is 0.427. The van der Waals surface area contributed by atoms with E-state index in [2.05, 4.69) is 0 Å². The van der Waals surface area contributed by atoms with Gasteiger partial charge in [0, 0.05) is 6.54 Å². The minimum Gasteiger partial charge on any atom is -0.302 e. The standard InChI is InChI=1S/C5H9NO/c1-6-3-2-5(6)4-7/h4-5H,2-3H2,1H3/t5-/m0/s1. The second kappa shape index (κ2) is 1.62. The molecule has 2 nitrogen and oxygen atoms in total. The van der Waals surface area contributed by atoms with Crippen molar-refractivity contribution in [1.29, 1.82) is 0 Å². The molecular formula is C5H9NO. The Morgan fingerprint density at radius 2 is 2.57 bits per heavy atom. The zero-order valence-corrected chi connectivity index (χ0v) is 4.42. The van der Waals surface area contributed by atoms with Gasteiger partial charge in [-0.1, -0.05) is 0 Å². The first-order chi connectivity index (χ1) is 3.34. The predicted molar refractivity (Wildman–Crippen MR) is 27.1 cm³/mol. The number of hydrogen-bond acceptors (Lipinski definition) is 2. The zero-order valence-electron chi connectivity index (χ0n) is 4.42. The second-order valence-electron chi connectivity index (χ2n) is 1.97. The predicted octanol–water partition coefficient (Wildman–Crippen LogP) is -0.111. The molecule has 0 aromatic heterocycles. The summed E-state index contributed by atoms with van der Waals surface area (Å²) in [6, 6.07) is 0.236. The van der Waals surface area contributed by atoms with Crippen LogP contribution in [-0.2, 0) is 4.79 Å². The van der Waals surface area contributed by atoms with Crippen LogP contribution in [0.3, 0.4) is 0 Å². The molecule has 1 aliphatic rings. The molecule has 0 amide bonds. The van der Waals surface area contributed by atoms with E-state index in [0.717, 1.165) is 19.3 Å². The normalized spacial score (nSPS) is 31.9. The Morgan fingerprint density at radius 3 is 2.57 bits per heavy atom. The van der Waals surface area contributed by atoms with Crippen LogP contribution in [0.5, 0.6) is 0 Å². The molecular weight excluding hydrogens is 90.1 g/mol. The third kappa shape index (κ3) is 0.657. The number of carbonyl (C=O) groups is 1. The fraction of sp³-hybridized carbons (Fsp3) is 0.800. The summed E-state index contributed by atoms with van der Waals surface area (Å²) in [6.45, 7) is 1.09. The molecule has 0 aromatic carbocycles. The molecule has 0 N–H and O–H groups in total. The van der Waals surface area contributed by atoms with Crippen LogP contribution in [-0.4, -0.2) is 30.8 Å². The molecule has 0 radical (unpaired) electrons. The highest BCUT2D eigenvalue weighted by Crippen LogP contribution is 2.10. The molecule has 1 heterocycles. The van der Waals surface area contributed by atoms with Gasteiger partial charge in [-0.2, -0.15) is 0 Å². The molecule has 7 heavy (non-hydrogen) atoms. The van der Waals surface area contributed by atoms with Crippen LogP contribution < -0.4 is 0 Å². The van der Waals surface area contributed by atoms with E-state index >= 15 is 0 Å². The smallest absolute Gasteiger partial charge is 0.137 e. The molecule has 0 unspecified atom stereocenters. The highest BCUT2D eigenvalue weighted by Gasteiger charge is 2.22. The number of nitrogens with zero attached hydrogens (tertiary/aromatic N) is 1. The van der Waals surface area contributed by atoms with Crippen molar-refractivity contribution in [3.63, 3.8) is 0 Å². The van der Waals surface area contributed by atoms with Crippen LogP contribution in [0.2, 0.25) is 0 Å². The van der Waals surface area contributed by atoms with Crippen LogP contribution in [0.15, 0.2) is 0 Å². The summed E-state index contributed by atoms with van der Waals surface area (Å²) in [5, 5.41) is 0. The molecule has 40 valence electrons. The third-order valence-electron chi connectivity index (χ3n) is 1.50. The van der Waals surface area contributed by atoms with Gasteiger partial charge in [-0.3, -0.25) is 4.90 Å². The maximum Gasteiger partial charge on any atom is 0.137 e.